The van der Waals surface area contributed by atoms with Crippen molar-refractivity contribution in [2.24, 2.45) is 5.92 Å². The first kappa shape index (κ1) is 42.3. The number of aromatic nitrogens is 8. The summed E-state index contributed by atoms with van der Waals surface area (Å²) in [6.07, 6.45) is -6.98. The molecule has 3 aliphatic rings. The van der Waals surface area contributed by atoms with E-state index in [-0.39, 0.29) is 47.1 Å². The number of ether oxygens (including phenoxy) is 2. The highest BCUT2D eigenvalue weighted by molar-refractivity contribution is 7.48. The molecule has 4 N–H and O–H groups in total. The van der Waals surface area contributed by atoms with E-state index in [0.29, 0.717) is 5.56 Å². The fourth-order valence-electron chi connectivity index (χ4n) is 6.71. The zero-order valence-corrected chi connectivity index (χ0v) is 33.8. The Morgan fingerprint density at radius 1 is 1.00 bits per heavy atom. The number of alkyl halides is 1. The number of phosphoric ester groups is 2. The smallest absolute Gasteiger partial charge is 0.371 e. The van der Waals surface area contributed by atoms with Crippen molar-refractivity contribution in [2.45, 2.75) is 63.1 Å². The first-order valence-electron chi connectivity index (χ1n) is 18.6. The molecule has 7 heterocycles. The molecule has 3 fully saturated rings. The number of fused-ring (bicyclic) bond motifs is 4. The Morgan fingerprint density at radius 3 is 2.52 bits per heavy atom. The summed E-state index contributed by atoms with van der Waals surface area (Å²) >= 11 is 0. The summed E-state index contributed by atoms with van der Waals surface area (Å²) in [4.78, 5) is 72.7. The number of carbonyl (C=O) groups is 2. The molecule has 4 aromatic heterocycles. The highest BCUT2D eigenvalue weighted by Crippen LogP contribution is 2.56. The Balaban J connectivity index is 1.08. The first-order valence-corrected chi connectivity index (χ1v) is 21.5. The molecular weight excluding hydrogens is 851 g/mol. The van der Waals surface area contributed by atoms with E-state index < -0.39 is 102 Å². The Hall–Kier alpha value is -5.38. The van der Waals surface area contributed by atoms with Crippen LogP contribution in [-0.2, 0) is 46.0 Å². The van der Waals surface area contributed by atoms with E-state index in [1.54, 1.807) is 44.2 Å². The molecule has 3 aliphatic heterocycles. The summed E-state index contributed by atoms with van der Waals surface area (Å²) in [5, 5.41) is 14.3. The van der Waals surface area contributed by atoms with Gasteiger partial charge in [-0.1, -0.05) is 32.0 Å². The van der Waals surface area contributed by atoms with Crippen molar-refractivity contribution in [1.82, 2.24) is 39.0 Å². The number of rotatable bonds is 9. The van der Waals surface area contributed by atoms with Crippen LogP contribution < -0.4 is 16.2 Å². The number of benzene rings is 1. The standard InChI is InChI=1S/C34H36FN11O13P2/c1-17(2)30(47)43-34-42-29-24(32(49)44-34)40-16-46(29)33-22(35)26-21(57-33)13-55-60(50,51)58-25-19(11-53-20(25)12-56-61(52,59-26)54-10-6-9-36)45-15-39-23-27(37-14-38-28(23)45)41-31(48)18-7-4-3-5-8-18/h3-5,7-8,14-17,19-22,25-26,33H,6,10-13H2,1-2H3,(H,50,51)(H,37,38,41,48)(H2,42,43,44,47,49)/t19-,20-,21-,22-,25+,26-,33-,61?/m1/s1. The van der Waals surface area contributed by atoms with Gasteiger partial charge in [-0.25, -0.2) is 33.5 Å². The van der Waals surface area contributed by atoms with Gasteiger partial charge >= 0.3 is 15.6 Å². The van der Waals surface area contributed by atoms with Crippen molar-refractivity contribution in [3.8, 4) is 6.07 Å². The van der Waals surface area contributed by atoms with Gasteiger partial charge in [-0.2, -0.15) is 10.2 Å². The van der Waals surface area contributed by atoms with E-state index in [1.165, 1.54) is 17.2 Å². The maximum Gasteiger partial charge on any atom is 0.475 e. The van der Waals surface area contributed by atoms with Gasteiger partial charge in [0, 0.05) is 11.5 Å². The van der Waals surface area contributed by atoms with Crippen LogP contribution in [0.25, 0.3) is 22.3 Å². The largest absolute Gasteiger partial charge is 0.475 e. The number of carbonyl (C=O) groups excluding carboxylic acids is 2. The highest BCUT2D eigenvalue weighted by Gasteiger charge is 2.54. The second kappa shape index (κ2) is 17.2. The van der Waals surface area contributed by atoms with E-state index in [9.17, 15) is 28.4 Å². The number of nitrogens with one attached hydrogen (secondary N) is 3. The third kappa shape index (κ3) is 8.73. The molecule has 9 atom stereocenters. The number of halogens is 1. The SMILES string of the molecule is CC(C)C(=O)Nc1nc2c(ncn2[C@@H]2O[C@@H]3COP(=O)(O)O[C@H]4[C@H](n5cnc6c(NC(=O)c7ccccc7)ncnc65)CO[C@@H]4COP(=O)(OCCC#N)O[C@H]3[C@H]2F)c(=O)[nH]1. The number of hydrogen-bond donors (Lipinski definition) is 4. The topological polar surface area (TPSA) is 308 Å². The number of aromatic amines is 1. The monoisotopic (exact) mass is 887 g/mol. The van der Waals surface area contributed by atoms with Gasteiger partial charge in [0.05, 0.1) is 57.6 Å². The van der Waals surface area contributed by atoms with Crippen LogP contribution in [0.4, 0.5) is 16.2 Å². The zero-order valence-electron chi connectivity index (χ0n) is 32.0. The number of nitriles is 1. The van der Waals surface area contributed by atoms with Gasteiger partial charge in [0.1, 0.15) is 30.7 Å². The number of H-pyrrole nitrogens is 1. The van der Waals surface area contributed by atoms with E-state index >= 15 is 4.39 Å². The molecule has 27 heteroatoms. The van der Waals surface area contributed by atoms with Crippen LogP contribution in [-0.4, -0.2) is 113 Å². The predicted octanol–water partition coefficient (Wildman–Crippen LogP) is 2.94. The normalized spacial score (nSPS) is 29.3. The highest BCUT2D eigenvalue weighted by atomic mass is 31.2. The third-order valence-electron chi connectivity index (χ3n) is 9.72. The minimum Gasteiger partial charge on any atom is -0.371 e. The molecule has 5 aromatic rings. The molecule has 24 nitrogen and oxygen atoms in total. The molecular formula is C34H36FN11O13P2. The number of nitrogens with zero attached hydrogens (tertiary/aromatic N) is 8. The average Bonchev–Trinajstić information content (AvgIpc) is 4.02. The minimum absolute atomic E-state index is 0.0694. The van der Waals surface area contributed by atoms with Crippen LogP contribution in [0.5, 0.6) is 0 Å². The average molecular weight is 888 g/mol. The molecule has 2 unspecified atom stereocenters. The van der Waals surface area contributed by atoms with Crippen LogP contribution in [0.2, 0.25) is 0 Å². The maximum atomic E-state index is 16.7. The number of phosphoric acid groups is 2. The summed E-state index contributed by atoms with van der Waals surface area (Å²) in [5.74, 6) is -1.63. The number of imidazole rings is 2. The molecule has 322 valence electrons. The van der Waals surface area contributed by atoms with Gasteiger partial charge in [-0.05, 0) is 12.1 Å². The lowest BCUT2D eigenvalue weighted by Crippen LogP contribution is -2.37. The predicted molar refractivity (Wildman–Crippen MR) is 204 cm³/mol. The van der Waals surface area contributed by atoms with Gasteiger partial charge in [0.25, 0.3) is 11.5 Å². The molecule has 0 radical (unpaired) electrons. The van der Waals surface area contributed by atoms with Gasteiger partial charge in [-0.3, -0.25) is 51.9 Å². The summed E-state index contributed by atoms with van der Waals surface area (Å²) in [7, 11) is -9.98. The Morgan fingerprint density at radius 2 is 1.75 bits per heavy atom. The Kier molecular flexibility index (Phi) is 11.9. The molecule has 0 aliphatic carbocycles. The molecule has 3 saturated heterocycles. The van der Waals surface area contributed by atoms with Gasteiger partial charge in [0.15, 0.2) is 40.5 Å². The van der Waals surface area contributed by atoms with E-state index in [4.69, 9.17) is 37.4 Å². The number of amides is 2. The summed E-state index contributed by atoms with van der Waals surface area (Å²) in [6.45, 7) is 0.955. The van der Waals surface area contributed by atoms with Gasteiger partial charge < -0.3 is 24.3 Å². The van der Waals surface area contributed by atoms with Gasteiger partial charge in [0.2, 0.25) is 11.9 Å². The molecule has 1 aromatic carbocycles. The molecule has 0 bridgehead atoms. The minimum atomic E-state index is -5.12. The van der Waals surface area contributed by atoms with E-state index in [0.717, 1.165) is 10.9 Å². The fourth-order valence-corrected chi connectivity index (χ4v) is 9.08. The molecule has 0 saturated carbocycles. The van der Waals surface area contributed by atoms with Crippen LogP contribution in [0.15, 0.2) is 54.1 Å². The second-order valence-electron chi connectivity index (χ2n) is 14.1. The van der Waals surface area contributed by atoms with Gasteiger partial charge in [-0.15, -0.1) is 0 Å². The van der Waals surface area contributed by atoms with Crippen LogP contribution in [0, 0.1) is 17.2 Å². The van der Waals surface area contributed by atoms with Crippen molar-refractivity contribution in [2.75, 3.05) is 37.1 Å². The number of hydrogen-bond acceptors (Lipinski definition) is 18. The number of anilines is 2. The lowest BCUT2D eigenvalue weighted by atomic mass is 10.1. The van der Waals surface area contributed by atoms with Crippen molar-refractivity contribution >= 4 is 61.6 Å². The summed E-state index contributed by atoms with van der Waals surface area (Å²) < 4.78 is 86.9. The Bertz CT molecular complexity index is 2660. The quantitative estimate of drug-likeness (QED) is 0.122. The summed E-state index contributed by atoms with van der Waals surface area (Å²) in [5.41, 5.74) is -0.568. The lowest BCUT2D eigenvalue weighted by Gasteiger charge is -2.30. The van der Waals surface area contributed by atoms with Crippen molar-refractivity contribution < 1.29 is 60.1 Å². The second-order valence-corrected chi connectivity index (χ2v) is 17.1. The fraction of sp³-hybridized carbons (Fsp3) is 0.441. The van der Waals surface area contributed by atoms with Crippen LogP contribution in [0.3, 0.4) is 0 Å². The van der Waals surface area contributed by atoms with Crippen molar-refractivity contribution in [1.29, 1.82) is 5.26 Å². The van der Waals surface area contributed by atoms with E-state index in [1.807, 2.05) is 6.07 Å². The van der Waals surface area contributed by atoms with Crippen LogP contribution in [0.1, 0.15) is 42.9 Å². The molecule has 0 spiro atoms. The Labute approximate surface area is 342 Å². The zero-order chi connectivity index (χ0) is 43.1. The molecule has 2 amide bonds. The van der Waals surface area contributed by atoms with Crippen molar-refractivity contribution in [3.05, 3.63) is 65.2 Å². The molecule has 8 rings (SSSR count). The third-order valence-corrected chi connectivity index (χ3v) is 12.2. The van der Waals surface area contributed by atoms with Crippen molar-refractivity contribution in [3.63, 3.8) is 0 Å². The molecule has 61 heavy (non-hydrogen) atoms. The van der Waals surface area contributed by atoms with E-state index in [2.05, 4.69) is 40.5 Å². The van der Waals surface area contributed by atoms with Crippen LogP contribution >= 0.6 is 15.6 Å². The first-order chi connectivity index (χ1) is 29.2. The maximum absolute atomic E-state index is 16.7. The lowest BCUT2D eigenvalue weighted by molar-refractivity contribution is -0.118. The summed E-state index contributed by atoms with van der Waals surface area (Å²) in [6, 6.07) is 9.22.